The maximum Gasteiger partial charge on any atom is 0.274 e. The normalized spacial score (nSPS) is 10.8. The van der Waals surface area contributed by atoms with Crippen molar-refractivity contribution in [1.82, 2.24) is 4.90 Å². The second-order valence-corrected chi connectivity index (χ2v) is 3.91. The molecule has 0 aliphatic carbocycles. The number of nitrogens with zero attached hydrogens (tertiary/aromatic N) is 2. The molecule has 6 heteroatoms. The molecule has 94 valence electrons. The van der Waals surface area contributed by atoms with Gasteiger partial charge in [-0.1, -0.05) is 0 Å². The van der Waals surface area contributed by atoms with Crippen molar-refractivity contribution >= 4 is 5.69 Å². The second-order valence-electron chi connectivity index (χ2n) is 3.91. The van der Waals surface area contributed by atoms with Gasteiger partial charge >= 0.3 is 0 Å². The van der Waals surface area contributed by atoms with Gasteiger partial charge in [0, 0.05) is 18.2 Å². The lowest BCUT2D eigenvalue weighted by Gasteiger charge is -2.16. The number of nitro groups is 1. The van der Waals surface area contributed by atoms with Gasteiger partial charge in [-0.3, -0.25) is 10.1 Å². The highest BCUT2D eigenvalue weighted by Crippen LogP contribution is 2.20. The fourth-order valence-corrected chi connectivity index (χ4v) is 1.59. The van der Waals surface area contributed by atoms with Crippen molar-refractivity contribution in [3.05, 3.63) is 39.7 Å². The van der Waals surface area contributed by atoms with Gasteiger partial charge < -0.3 is 10.6 Å². The molecule has 0 unspecified atom stereocenters. The summed E-state index contributed by atoms with van der Waals surface area (Å²) in [7, 11) is 1.82. The fourth-order valence-electron chi connectivity index (χ4n) is 1.59. The molecule has 1 aromatic carbocycles. The summed E-state index contributed by atoms with van der Waals surface area (Å²) in [5.41, 5.74) is 5.71. The Bertz CT molecular complexity index is 398. The molecule has 2 N–H and O–H groups in total. The highest BCUT2D eigenvalue weighted by atomic mass is 19.1. The van der Waals surface area contributed by atoms with Crippen LogP contribution in [0.5, 0.6) is 0 Å². The highest BCUT2D eigenvalue weighted by Gasteiger charge is 2.15. The average molecular weight is 241 g/mol. The zero-order valence-corrected chi connectivity index (χ0v) is 9.73. The topological polar surface area (TPSA) is 72.4 Å². The van der Waals surface area contributed by atoms with Crippen LogP contribution in [0.15, 0.2) is 18.2 Å². The van der Waals surface area contributed by atoms with Gasteiger partial charge in [0.25, 0.3) is 5.69 Å². The Hall–Kier alpha value is -1.53. The molecule has 0 saturated heterocycles. The van der Waals surface area contributed by atoms with Crippen molar-refractivity contribution in [3.8, 4) is 0 Å². The van der Waals surface area contributed by atoms with Crippen LogP contribution < -0.4 is 5.73 Å². The molecular formula is C11H16FN3O2. The van der Waals surface area contributed by atoms with E-state index in [1.54, 1.807) is 0 Å². The minimum Gasteiger partial charge on any atom is -0.330 e. The molecule has 0 aliphatic rings. The summed E-state index contributed by atoms with van der Waals surface area (Å²) in [5, 5.41) is 10.8. The van der Waals surface area contributed by atoms with Gasteiger partial charge in [0.15, 0.2) is 0 Å². The van der Waals surface area contributed by atoms with Crippen molar-refractivity contribution in [3.63, 3.8) is 0 Å². The Kier molecular flexibility index (Phi) is 4.99. The summed E-state index contributed by atoms with van der Waals surface area (Å²) in [6.07, 6.45) is 0.805. The molecule has 0 fully saturated rings. The Labute approximate surface area is 99.2 Å². The number of nitrogens with two attached hydrogens (primary N) is 1. The molecule has 0 spiro atoms. The molecule has 0 radical (unpaired) electrons. The van der Waals surface area contributed by atoms with E-state index in [1.165, 1.54) is 12.1 Å². The molecule has 5 nitrogen and oxygen atoms in total. The van der Waals surface area contributed by atoms with Crippen molar-refractivity contribution in [2.24, 2.45) is 5.73 Å². The summed E-state index contributed by atoms with van der Waals surface area (Å²) < 4.78 is 13.1. The lowest BCUT2D eigenvalue weighted by molar-refractivity contribution is -0.385. The van der Waals surface area contributed by atoms with E-state index >= 15 is 0 Å². The molecule has 0 aromatic heterocycles. The van der Waals surface area contributed by atoms with Gasteiger partial charge in [0.2, 0.25) is 0 Å². The van der Waals surface area contributed by atoms with E-state index in [1.807, 2.05) is 11.9 Å². The molecule has 1 rings (SSSR count). The molecule has 0 atom stereocenters. The Balaban J connectivity index is 2.81. The number of hydrogen-bond donors (Lipinski definition) is 1. The van der Waals surface area contributed by atoms with Gasteiger partial charge in [-0.25, -0.2) is 4.39 Å². The first-order valence-corrected chi connectivity index (χ1v) is 5.36. The lowest BCUT2D eigenvalue weighted by atomic mass is 10.1. The first-order valence-electron chi connectivity index (χ1n) is 5.36. The van der Waals surface area contributed by atoms with Crippen molar-refractivity contribution in [2.45, 2.75) is 13.0 Å². The van der Waals surface area contributed by atoms with Crippen LogP contribution in [-0.2, 0) is 6.54 Å². The van der Waals surface area contributed by atoms with E-state index < -0.39 is 10.7 Å². The average Bonchev–Trinajstić information content (AvgIpc) is 2.26. The molecule has 1 aromatic rings. The van der Waals surface area contributed by atoms with Gasteiger partial charge in [-0.2, -0.15) is 0 Å². The number of nitro benzene ring substituents is 1. The first-order chi connectivity index (χ1) is 8.04. The Morgan fingerprint density at radius 2 is 2.24 bits per heavy atom. The number of halogens is 1. The predicted octanol–water partition coefficient (Wildman–Crippen LogP) is 1.51. The van der Waals surface area contributed by atoms with Crippen LogP contribution in [0.2, 0.25) is 0 Å². The van der Waals surface area contributed by atoms with E-state index in [0.29, 0.717) is 18.7 Å². The highest BCUT2D eigenvalue weighted by molar-refractivity contribution is 5.40. The summed E-state index contributed by atoms with van der Waals surface area (Å²) in [4.78, 5) is 12.2. The van der Waals surface area contributed by atoms with Crippen molar-refractivity contribution in [2.75, 3.05) is 20.1 Å². The van der Waals surface area contributed by atoms with Gasteiger partial charge in [0.05, 0.1) is 4.92 Å². The Morgan fingerprint density at radius 1 is 1.53 bits per heavy atom. The molecule has 0 aliphatic heterocycles. The SMILES string of the molecule is CN(CCCN)Cc1cc(F)ccc1[N+](=O)[O-]. The molecular weight excluding hydrogens is 225 g/mol. The van der Waals surface area contributed by atoms with Gasteiger partial charge in [-0.15, -0.1) is 0 Å². The van der Waals surface area contributed by atoms with Crippen molar-refractivity contribution < 1.29 is 9.31 Å². The van der Waals surface area contributed by atoms with Crippen LogP contribution in [0, 0.1) is 15.9 Å². The lowest BCUT2D eigenvalue weighted by Crippen LogP contribution is -2.21. The van der Waals surface area contributed by atoms with E-state index in [0.717, 1.165) is 19.0 Å². The van der Waals surface area contributed by atoms with E-state index in [4.69, 9.17) is 5.73 Å². The third kappa shape index (κ3) is 4.08. The number of rotatable bonds is 6. The zero-order chi connectivity index (χ0) is 12.8. The minimum absolute atomic E-state index is 0.0500. The Morgan fingerprint density at radius 3 is 2.82 bits per heavy atom. The first kappa shape index (κ1) is 13.5. The van der Waals surface area contributed by atoms with Crippen molar-refractivity contribution in [1.29, 1.82) is 0 Å². The third-order valence-corrected chi connectivity index (χ3v) is 2.42. The largest absolute Gasteiger partial charge is 0.330 e. The predicted molar refractivity (Wildman–Crippen MR) is 63.1 cm³/mol. The summed E-state index contributed by atoms with van der Waals surface area (Å²) in [6.45, 7) is 1.63. The zero-order valence-electron chi connectivity index (χ0n) is 9.73. The van der Waals surface area contributed by atoms with Crippen LogP contribution in [0.3, 0.4) is 0 Å². The van der Waals surface area contributed by atoms with Gasteiger partial charge in [0.1, 0.15) is 5.82 Å². The molecule has 0 saturated carbocycles. The maximum atomic E-state index is 13.1. The smallest absolute Gasteiger partial charge is 0.274 e. The molecule has 0 amide bonds. The van der Waals surface area contributed by atoms with Crippen LogP contribution in [0.25, 0.3) is 0 Å². The second kappa shape index (κ2) is 6.27. The monoisotopic (exact) mass is 241 g/mol. The van der Waals surface area contributed by atoms with Crippen LogP contribution >= 0.6 is 0 Å². The fraction of sp³-hybridized carbons (Fsp3) is 0.455. The number of benzene rings is 1. The molecule has 0 bridgehead atoms. The van der Waals surface area contributed by atoms with E-state index in [-0.39, 0.29) is 5.69 Å². The van der Waals surface area contributed by atoms with Crippen LogP contribution in [0.1, 0.15) is 12.0 Å². The summed E-state index contributed by atoms with van der Waals surface area (Å²) in [6, 6.07) is 3.50. The van der Waals surface area contributed by atoms with Gasteiger partial charge in [-0.05, 0) is 38.7 Å². The van der Waals surface area contributed by atoms with E-state index in [2.05, 4.69) is 0 Å². The van der Waals surface area contributed by atoms with Crippen LogP contribution in [-0.4, -0.2) is 30.0 Å². The summed E-state index contributed by atoms with van der Waals surface area (Å²) >= 11 is 0. The van der Waals surface area contributed by atoms with E-state index in [9.17, 15) is 14.5 Å². The number of hydrogen-bond acceptors (Lipinski definition) is 4. The maximum absolute atomic E-state index is 13.1. The molecule has 17 heavy (non-hydrogen) atoms. The quantitative estimate of drug-likeness (QED) is 0.605. The summed E-state index contributed by atoms with van der Waals surface area (Å²) in [5.74, 6) is -0.460. The third-order valence-electron chi connectivity index (χ3n) is 2.42. The molecule has 0 heterocycles. The standard InChI is InChI=1S/C11H16FN3O2/c1-14(6-2-5-13)8-9-7-10(12)3-4-11(9)15(16)17/h3-4,7H,2,5-6,8,13H2,1H3. The van der Waals surface area contributed by atoms with Crippen LogP contribution in [0.4, 0.5) is 10.1 Å². The minimum atomic E-state index is -0.494.